The SMILES string of the molecule is C[C@@H]1CN(C2(CNC(=O)c3cn(-c4nccc(N)n4)c4cccc(Cl)c34)CCCCC2)CCN1. The molecule has 2 aliphatic rings. The standard InChI is InChI=1S/C25H32ClN7O/c1-17-14-32(13-12-28-17)25(9-3-2-4-10-25)16-30-23(34)18-15-33(24-29-11-8-21(27)31-24)20-7-5-6-19(26)22(18)20/h5-8,11,15,17,28H,2-4,9-10,12-14,16H2,1H3,(H,30,34)(H2,27,29,31)/t17-/m1/s1. The fraction of sp³-hybridized carbons (Fsp3) is 0.480. The molecule has 1 atom stereocenters. The Kier molecular flexibility index (Phi) is 6.46. The van der Waals surface area contributed by atoms with Gasteiger partial charge in [0.2, 0.25) is 5.95 Å². The highest BCUT2D eigenvalue weighted by atomic mass is 35.5. The first-order valence-corrected chi connectivity index (χ1v) is 12.5. The minimum absolute atomic E-state index is 0.00340. The molecule has 1 aliphatic carbocycles. The molecule has 3 aromatic rings. The predicted octanol–water partition coefficient (Wildman–Crippen LogP) is 3.38. The van der Waals surface area contributed by atoms with Crippen LogP contribution >= 0.6 is 11.6 Å². The van der Waals surface area contributed by atoms with Crippen LogP contribution in [-0.2, 0) is 0 Å². The summed E-state index contributed by atoms with van der Waals surface area (Å²) < 4.78 is 1.78. The summed E-state index contributed by atoms with van der Waals surface area (Å²) in [6.07, 6.45) is 9.26. The summed E-state index contributed by atoms with van der Waals surface area (Å²) in [4.78, 5) is 24.9. The Morgan fingerprint density at radius 3 is 2.88 bits per heavy atom. The smallest absolute Gasteiger partial charge is 0.253 e. The van der Waals surface area contributed by atoms with E-state index in [9.17, 15) is 4.79 Å². The zero-order valence-electron chi connectivity index (χ0n) is 19.6. The number of carbonyl (C=O) groups is 1. The third kappa shape index (κ3) is 4.37. The van der Waals surface area contributed by atoms with Crippen LogP contribution in [0.4, 0.5) is 5.82 Å². The lowest BCUT2D eigenvalue weighted by molar-refractivity contribution is 0.0273. The van der Waals surface area contributed by atoms with Crippen molar-refractivity contribution >= 4 is 34.2 Å². The first-order chi connectivity index (χ1) is 16.5. The number of aromatic nitrogens is 3. The van der Waals surface area contributed by atoms with Gasteiger partial charge in [-0.2, -0.15) is 4.98 Å². The first kappa shape index (κ1) is 23.1. The molecule has 1 saturated carbocycles. The van der Waals surface area contributed by atoms with Crippen LogP contribution in [0.3, 0.4) is 0 Å². The van der Waals surface area contributed by atoms with E-state index in [1.807, 2.05) is 12.1 Å². The van der Waals surface area contributed by atoms with Gasteiger partial charge < -0.3 is 16.4 Å². The van der Waals surface area contributed by atoms with E-state index in [0.29, 0.717) is 40.3 Å². The Balaban J connectivity index is 1.45. The molecule has 1 saturated heterocycles. The highest BCUT2D eigenvalue weighted by Crippen LogP contribution is 2.35. The Morgan fingerprint density at radius 1 is 1.29 bits per heavy atom. The number of piperazine rings is 1. The molecule has 34 heavy (non-hydrogen) atoms. The van der Waals surface area contributed by atoms with Crippen LogP contribution in [0.25, 0.3) is 16.9 Å². The number of nitrogen functional groups attached to an aromatic ring is 1. The van der Waals surface area contributed by atoms with Crippen LogP contribution in [0.15, 0.2) is 36.7 Å². The van der Waals surface area contributed by atoms with Crippen molar-refractivity contribution in [2.24, 2.45) is 0 Å². The van der Waals surface area contributed by atoms with Gasteiger partial charge in [0.15, 0.2) is 0 Å². The van der Waals surface area contributed by atoms with E-state index in [4.69, 9.17) is 17.3 Å². The average Bonchev–Trinajstić information content (AvgIpc) is 3.24. The molecule has 0 spiro atoms. The molecule has 4 N–H and O–H groups in total. The third-order valence-electron chi connectivity index (χ3n) is 7.31. The average molecular weight is 482 g/mol. The van der Waals surface area contributed by atoms with E-state index in [2.05, 4.69) is 32.4 Å². The maximum atomic E-state index is 13.6. The van der Waals surface area contributed by atoms with Gasteiger partial charge in [0.05, 0.1) is 16.1 Å². The lowest BCUT2D eigenvalue weighted by atomic mass is 9.79. The van der Waals surface area contributed by atoms with E-state index < -0.39 is 0 Å². The Labute approximate surface area is 204 Å². The summed E-state index contributed by atoms with van der Waals surface area (Å²) in [6, 6.07) is 7.66. The van der Waals surface area contributed by atoms with Crippen molar-refractivity contribution in [3.05, 3.63) is 47.2 Å². The van der Waals surface area contributed by atoms with Gasteiger partial charge in [0.25, 0.3) is 5.91 Å². The largest absolute Gasteiger partial charge is 0.384 e. The number of anilines is 1. The molecule has 9 heteroatoms. The summed E-state index contributed by atoms with van der Waals surface area (Å²) in [7, 11) is 0. The molecular formula is C25H32ClN7O. The Hall–Kier alpha value is -2.68. The second-order valence-electron chi connectivity index (χ2n) is 9.60. The van der Waals surface area contributed by atoms with Crippen molar-refractivity contribution in [3.63, 3.8) is 0 Å². The minimum Gasteiger partial charge on any atom is -0.384 e. The molecule has 3 heterocycles. The van der Waals surface area contributed by atoms with Gasteiger partial charge in [-0.3, -0.25) is 14.3 Å². The van der Waals surface area contributed by atoms with E-state index >= 15 is 0 Å². The predicted molar refractivity (Wildman–Crippen MR) is 135 cm³/mol. The topological polar surface area (TPSA) is 101 Å². The van der Waals surface area contributed by atoms with Gasteiger partial charge in [-0.05, 0) is 38.0 Å². The Morgan fingerprint density at radius 2 is 2.12 bits per heavy atom. The first-order valence-electron chi connectivity index (χ1n) is 12.1. The molecule has 1 aliphatic heterocycles. The summed E-state index contributed by atoms with van der Waals surface area (Å²) in [5, 5.41) is 8.04. The third-order valence-corrected chi connectivity index (χ3v) is 7.62. The molecule has 5 rings (SSSR count). The van der Waals surface area contributed by atoms with Gasteiger partial charge in [0.1, 0.15) is 5.82 Å². The molecule has 0 bridgehead atoms. The molecule has 180 valence electrons. The lowest BCUT2D eigenvalue weighted by Crippen LogP contribution is -2.63. The van der Waals surface area contributed by atoms with Crippen molar-refractivity contribution in [2.45, 2.75) is 50.6 Å². The molecule has 1 aromatic carbocycles. The number of amides is 1. The van der Waals surface area contributed by atoms with E-state index in [-0.39, 0.29) is 11.4 Å². The zero-order valence-corrected chi connectivity index (χ0v) is 20.3. The zero-order chi connectivity index (χ0) is 23.7. The van der Waals surface area contributed by atoms with E-state index in [0.717, 1.165) is 38.0 Å². The molecule has 2 fully saturated rings. The van der Waals surface area contributed by atoms with Gasteiger partial charge in [-0.15, -0.1) is 0 Å². The van der Waals surface area contributed by atoms with Crippen LogP contribution in [-0.4, -0.2) is 63.1 Å². The molecule has 0 radical (unpaired) electrons. The van der Waals surface area contributed by atoms with Crippen LogP contribution in [0.2, 0.25) is 5.02 Å². The van der Waals surface area contributed by atoms with Crippen molar-refractivity contribution in [3.8, 4) is 5.95 Å². The van der Waals surface area contributed by atoms with Gasteiger partial charge in [0, 0.05) is 55.5 Å². The van der Waals surface area contributed by atoms with Gasteiger partial charge in [-0.1, -0.05) is 36.9 Å². The quantitative estimate of drug-likeness (QED) is 0.516. The number of benzene rings is 1. The number of hydrogen-bond donors (Lipinski definition) is 3. The number of halogens is 1. The number of nitrogens with zero attached hydrogens (tertiary/aromatic N) is 4. The summed E-state index contributed by atoms with van der Waals surface area (Å²) in [5.41, 5.74) is 7.18. The van der Waals surface area contributed by atoms with Crippen LogP contribution in [0.5, 0.6) is 0 Å². The monoisotopic (exact) mass is 481 g/mol. The number of hydrogen-bond acceptors (Lipinski definition) is 6. The second kappa shape index (κ2) is 9.52. The van der Waals surface area contributed by atoms with Crippen molar-refractivity contribution in [1.82, 2.24) is 30.1 Å². The molecule has 1 amide bonds. The second-order valence-corrected chi connectivity index (χ2v) is 10.0. The summed E-state index contributed by atoms with van der Waals surface area (Å²) in [5.74, 6) is 0.642. The number of rotatable bonds is 5. The van der Waals surface area contributed by atoms with Gasteiger partial charge in [-0.25, -0.2) is 4.98 Å². The lowest BCUT2D eigenvalue weighted by Gasteiger charge is -2.49. The Bertz CT molecular complexity index is 1190. The maximum absolute atomic E-state index is 13.6. The normalized spacial score (nSPS) is 20.9. The van der Waals surface area contributed by atoms with Crippen molar-refractivity contribution in [2.75, 3.05) is 31.9 Å². The van der Waals surface area contributed by atoms with Crippen molar-refractivity contribution < 1.29 is 4.79 Å². The highest BCUT2D eigenvalue weighted by molar-refractivity contribution is 6.37. The van der Waals surface area contributed by atoms with E-state index in [1.165, 1.54) is 19.3 Å². The van der Waals surface area contributed by atoms with Crippen molar-refractivity contribution in [1.29, 1.82) is 0 Å². The molecule has 0 unspecified atom stereocenters. The summed E-state index contributed by atoms with van der Waals surface area (Å²) in [6.45, 7) is 5.87. The van der Waals surface area contributed by atoms with Crippen LogP contribution < -0.4 is 16.4 Å². The summed E-state index contributed by atoms with van der Waals surface area (Å²) >= 11 is 6.58. The molecule has 8 nitrogen and oxygen atoms in total. The number of fused-ring (bicyclic) bond motifs is 1. The number of carbonyl (C=O) groups excluding carboxylic acids is 1. The van der Waals surface area contributed by atoms with Gasteiger partial charge >= 0.3 is 0 Å². The molecular weight excluding hydrogens is 450 g/mol. The fourth-order valence-electron chi connectivity index (χ4n) is 5.58. The van der Waals surface area contributed by atoms with E-state index in [1.54, 1.807) is 29.1 Å². The minimum atomic E-state index is -0.131. The van der Waals surface area contributed by atoms with Crippen LogP contribution in [0.1, 0.15) is 49.4 Å². The van der Waals surface area contributed by atoms with Crippen LogP contribution in [0, 0.1) is 0 Å². The maximum Gasteiger partial charge on any atom is 0.253 e. The number of nitrogens with two attached hydrogens (primary N) is 1. The fourth-order valence-corrected chi connectivity index (χ4v) is 5.85. The number of nitrogens with one attached hydrogen (secondary N) is 2. The molecule has 2 aromatic heterocycles. The highest BCUT2D eigenvalue weighted by Gasteiger charge is 2.39.